The highest BCUT2D eigenvalue weighted by Gasteiger charge is 2.36. The minimum Gasteiger partial charge on any atom is -0.480 e. The van der Waals surface area contributed by atoms with E-state index < -0.39 is 23.7 Å². The van der Waals surface area contributed by atoms with Gasteiger partial charge in [-0.1, -0.05) is 0 Å². The standard InChI is InChI=1S/C10H7NO4S2/c12-8(13)4-11-9(14)7(17-10(11)15)3-6-1-2-16-5-6/h1-3,5H,4H2,(H,12,13). The number of thioether (sulfide) groups is 1. The molecule has 0 atom stereocenters. The first-order chi connectivity index (χ1) is 8.08. The molecule has 1 aromatic heterocycles. The summed E-state index contributed by atoms with van der Waals surface area (Å²) in [5.74, 6) is -1.75. The van der Waals surface area contributed by atoms with E-state index in [2.05, 4.69) is 0 Å². The van der Waals surface area contributed by atoms with E-state index in [-0.39, 0.29) is 4.91 Å². The summed E-state index contributed by atoms with van der Waals surface area (Å²) in [5, 5.41) is 11.7. The Kier molecular flexibility index (Phi) is 3.30. The second kappa shape index (κ2) is 4.72. The lowest BCUT2D eigenvalue weighted by Crippen LogP contribution is -2.33. The lowest BCUT2D eigenvalue weighted by molar-refractivity contribution is -0.140. The number of carboxylic acid groups (broad SMARTS) is 1. The zero-order valence-electron chi connectivity index (χ0n) is 8.45. The summed E-state index contributed by atoms with van der Waals surface area (Å²) in [5.41, 5.74) is 0.829. The molecule has 5 nitrogen and oxygen atoms in total. The predicted octanol–water partition coefficient (Wildman–Crippen LogP) is 1.87. The minimum atomic E-state index is -1.20. The van der Waals surface area contributed by atoms with Crippen molar-refractivity contribution >= 4 is 46.3 Å². The molecule has 1 fully saturated rings. The Balaban J connectivity index is 2.21. The van der Waals surface area contributed by atoms with Crippen LogP contribution in [0, 0.1) is 0 Å². The van der Waals surface area contributed by atoms with E-state index in [1.807, 2.05) is 16.8 Å². The summed E-state index contributed by atoms with van der Waals surface area (Å²) in [7, 11) is 0. The maximum Gasteiger partial charge on any atom is 0.323 e. The van der Waals surface area contributed by atoms with Gasteiger partial charge >= 0.3 is 5.97 Å². The van der Waals surface area contributed by atoms with E-state index in [1.54, 1.807) is 6.08 Å². The van der Waals surface area contributed by atoms with Gasteiger partial charge in [0, 0.05) is 0 Å². The molecule has 7 heteroatoms. The third-order valence-electron chi connectivity index (χ3n) is 2.01. The molecule has 1 aliphatic rings. The van der Waals surface area contributed by atoms with Gasteiger partial charge in [-0.05, 0) is 40.2 Å². The molecule has 0 radical (unpaired) electrons. The fourth-order valence-corrected chi connectivity index (χ4v) is 2.74. The lowest BCUT2D eigenvalue weighted by Gasteiger charge is -2.07. The van der Waals surface area contributed by atoms with Crippen LogP contribution in [0.1, 0.15) is 5.56 Å². The summed E-state index contributed by atoms with van der Waals surface area (Å²) < 4.78 is 0. The Morgan fingerprint density at radius 2 is 2.24 bits per heavy atom. The van der Waals surface area contributed by atoms with E-state index in [0.29, 0.717) is 0 Å². The van der Waals surface area contributed by atoms with E-state index in [1.165, 1.54) is 11.3 Å². The van der Waals surface area contributed by atoms with E-state index in [4.69, 9.17) is 5.11 Å². The Morgan fingerprint density at radius 1 is 1.47 bits per heavy atom. The molecule has 0 bridgehead atoms. The minimum absolute atomic E-state index is 0.259. The van der Waals surface area contributed by atoms with E-state index in [9.17, 15) is 14.4 Å². The number of carbonyl (C=O) groups is 3. The topological polar surface area (TPSA) is 74.7 Å². The number of carbonyl (C=O) groups excluding carboxylic acids is 2. The fourth-order valence-electron chi connectivity index (χ4n) is 1.28. The van der Waals surface area contributed by atoms with Gasteiger partial charge in [-0.15, -0.1) is 0 Å². The molecular formula is C10H7NO4S2. The number of amides is 2. The molecule has 2 heterocycles. The summed E-state index contributed by atoms with van der Waals surface area (Å²) in [4.78, 5) is 34.6. The molecule has 1 aliphatic heterocycles. The van der Waals surface area contributed by atoms with Gasteiger partial charge in [-0.2, -0.15) is 11.3 Å². The van der Waals surface area contributed by atoms with Crippen LogP contribution in [-0.4, -0.2) is 33.7 Å². The van der Waals surface area contributed by atoms with Crippen molar-refractivity contribution < 1.29 is 19.5 Å². The summed E-state index contributed by atoms with van der Waals surface area (Å²) >= 11 is 2.24. The average Bonchev–Trinajstić information content (AvgIpc) is 2.83. The first kappa shape index (κ1) is 11.9. The van der Waals surface area contributed by atoms with Crippen molar-refractivity contribution in [2.45, 2.75) is 0 Å². The monoisotopic (exact) mass is 269 g/mol. The third-order valence-corrected chi connectivity index (χ3v) is 3.62. The molecule has 0 saturated carbocycles. The van der Waals surface area contributed by atoms with Gasteiger partial charge in [0.25, 0.3) is 11.1 Å². The number of thiophene rings is 1. The van der Waals surface area contributed by atoms with Crippen LogP contribution in [0.2, 0.25) is 0 Å². The van der Waals surface area contributed by atoms with Gasteiger partial charge in [-0.3, -0.25) is 19.3 Å². The maximum absolute atomic E-state index is 11.7. The van der Waals surface area contributed by atoms with Crippen LogP contribution in [-0.2, 0) is 9.59 Å². The van der Waals surface area contributed by atoms with Crippen molar-refractivity contribution in [3.8, 4) is 0 Å². The Hall–Kier alpha value is -1.60. The van der Waals surface area contributed by atoms with Gasteiger partial charge in [0.05, 0.1) is 4.91 Å². The Labute approximate surface area is 105 Å². The van der Waals surface area contributed by atoms with Crippen molar-refractivity contribution in [3.05, 3.63) is 27.3 Å². The number of imide groups is 1. The average molecular weight is 269 g/mol. The van der Waals surface area contributed by atoms with E-state index >= 15 is 0 Å². The highest BCUT2D eigenvalue weighted by atomic mass is 32.2. The molecule has 88 valence electrons. The number of rotatable bonds is 3. The van der Waals surface area contributed by atoms with Crippen molar-refractivity contribution in [2.75, 3.05) is 6.54 Å². The van der Waals surface area contributed by atoms with Crippen LogP contribution < -0.4 is 0 Å². The molecule has 1 aromatic rings. The molecule has 1 saturated heterocycles. The highest BCUT2D eigenvalue weighted by molar-refractivity contribution is 8.18. The zero-order valence-corrected chi connectivity index (χ0v) is 10.1. The van der Waals surface area contributed by atoms with Crippen LogP contribution in [0.15, 0.2) is 21.7 Å². The lowest BCUT2D eigenvalue weighted by atomic mass is 10.3. The van der Waals surface area contributed by atoms with Gasteiger partial charge in [0.1, 0.15) is 6.54 Å². The molecule has 2 amide bonds. The maximum atomic E-state index is 11.7. The second-order valence-corrected chi connectivity index (χ2v) is 4.99. The van der Waals surface area contributed by atoms with Crippen LogP contribution in [0.3, 0.4) is 0 Å². The molecule has 0 spiro atoms. The highest BCUT2D eigenvalue weighted by Crippen LogP contribution is 2.32. The Bertz CT molecular complexity index is 506. The molecule has 1 N–H and O–H groups in total. The second-order valence-electron chi connectivity index (χ2n) is 3.22. The Morgan fingerprint density at radius 3 is 2.82 bits per heavy atom. The van der Waals surface area contributed by atoms with Gasteiger partial charge < -0.3 is 5.11 Å². The van der Waals surface area contributed by atoms with Crippen molar-refractivity contribution in [1.29, 1.82) is 0 Å². The normalized spacial score (nSPS) is 18.1. The molecular weight excluding hydrogens is 262 g/mol. The van der Waals surface area contributed by atoms with Crippen molar-refractivity contribution in [1.82, 2.24) is 4.90 Å². The molecule has 17 heavy (non-hydrogen) atoms. The number of hydrogen-bond acceptors (Lipinski definition) is 5. The number of carboxylic acids is 1. The van der Waals surface area contributed by atoms with Gasteiger partial charge in [0.15, 0.2) is 0 Å². The third kappa shape index (κ3) is 2.56. The van der Waals surface area contributed by atoms with Gasteiger partial charge in [-0.25, -0.2) is 0 Å². The van der Waals surface area contributed by atoms with Crippen LogP contribution in [0.25, 0.3) is 6.08 Å². The first-order valence-corrected chi connectivity index (χ1v) is 6.33. The summed E-state index contributed by atoms with van der Waals surface area (Å²) in [6.07, 6.45) is 1.59. The molecule has 0 aromatic carbocycles. The van der Waals surface area contributed by atoms with Crippen LogP contribution in [0.5, 0.6) is 0 Å². The van der Waals surface area contributed by atoms with Crippen molar-refractivity contribution in [2.24, 2.45) is 0 Å². The van der Waals surface area contributed by atoms with E-state index in [0.717, 1.165) is 22.2 Å². The summed E-state index contributed by atoms with van der Waals surface area (Å²) in [6, 6.07) is 1.82. The first-order valence-electron chi connectivity index (χ1n) is 4.57. The number of aliphatic carboxylic acids is 1. The smallest absolute Gasteiger partial charge is 0.323 e. The number of hydrogen-bond donors (Lipinski definition) is 1. The zero-order chi connectivity index (χ0) is 12.4. The quantitative estimate of drug-likeness (QED) is 0.848. The largest absolute Gasteiger partial charge is 0.480 e. The van der Waals surface area contributed by atoms with Crippen molar-refractivity contribution in [3.63, 3.8) is 0 Å². The summed E-state index contributed by atoms with van der Waals surface area (Å²) in [6.45, 7) is -0.592. The number of nitrogens with zero attached hydrogens (tertiary/aromatic N) is 1. The SMILES string of the molecule is O=C(O)CN1C(=O)SC(=Cc2ccsc2)C1=O. The van der Waals surface area contributed by atoms with Gasteiger partial charge in [0.2, 0.25) is 0 Å². The molecule has 0 unspecified atom stereocenters. The fraction of sp³-hybridized carbons (Fsp3) is 0.100. The molecule has 0 aliphatic carbocycles. The molecule has 2 rings (SSSR count). The van der Waals surface area contributed by atoms with Crippen LogP contribution >= 0.6 is 23.1 Å². The van der Waals surface area contributed by atoms with Crippen LogP contribution in [0.4, 0.5) is 4.79 Å². The predicted molar refractivity (Wildman–Crippen MR) is 64.6 cm³/mol.